The Labute approximate surface area is 189 Å². The zero-order chi connectivity index (χ0) is 22.4. The van der Waals surface area contributed by atoms with Gasteiger partial charge in [0.1, 0.15) is 5.82 Å². The molecule has 0 aliphatic carbocycles. The summed E-state index contributed by atoms with van der Waals surface area (Å²) in [7, 11) is 0. The van der Waals surface area contributed by atoms with Gasteiger partial charge in [0.2, 0.25) is 0 Å². The number of thiophene rings is 1. The molecular weight excluding hydrogens is 404 g/mol. The molecule has 0 spiro atoms. The lowest BCUT2D eigenvalue weighted by atomic mass is 9.87. The van der Waals surface area contributed by atoms with E-state index in [2.05, 4.69) is 61.5 Å². The minimum atomic E-state index is -0.884. The molecule has 0 saturated heterocycles. The van der Waals surface area contributed by atoms with Crippen LogP contribution in [0, 0.1) is 0 Å². The van der Waals surface area contributed by atoms with Crippen molar-refractivity contribution in [3.8, 4) is 0 Å². The van der Waals surface area contributed by atoms with E-state index in [1.165, 1.54) is 11.1 Å². The van der Waals surface area contributed by atoms with Crippen molar-refractivity contribution in [2.24, 2.45) is 0 Å². The first-order chi connectivity index (χ1) is 14.8. The number of nitrogens with zero attached hydrogens (tertiary/aromatic N) is 2. The van der Waals surface area contributed by atoms with Crippen molar-refractivity contribution >= 4 is 23.4 Å². The molecule has 0 bridgehead atoms. The van der Waals surface area contributed by atoms with Crippen LogP contribution >= 0.6 is 11.3 Å². The summed E-state index contributed by atoms with van der Waals surface area (Å²) in [5, 5.41) is 11.8. The standard InChI is InChI=1S/C26H32N2O2S/c1-5-6-9-24-27-17-22(15-20(25(29)30)16-23-8-7-14-31-23)28(24)18-19-10-12-21(13-11-19)26(2,3)4/h7-8,10-15,17H,5-6,9,16,18H2,1-4H3,(H,29,30)/b20-15+. The normalized spacial score (nSPS) is 12.3. The van der Waals surface area contributed by atoms with E-state index in [0.29, 0.717) is 18.5 Å². The summed E-state index contributed by atoms with van der Waals surface area (Å²) in [5.41, 5.74) is 3.84. The Hall–Kier alpha value is -2.66. The molecule has 0 aliphatic heterocycles. The van der Waals surface area contributed by atoms with Crippen molar-refractivity contribution in [1.82, 2.24) is 9.55 Å². The molecule has 164 valence electrons. The van der Waals surface area contributed by atoms with Crippen LogP contribution in [0.2, 0.25) is 0 Å². The highest BCUT2D eigenvalue weighted by molar-refractivity contribution is 7.09. The SMILES string of the molecule is CCCCc1ncc(/C=C(\Cc2cccs2)C(=O)O)n1Cc1ccc(C(C)(C)C)cc1. The Morgan fingerprint density at radius 1 is 1.19 bits per heavy atom. The number of aryl methyl sites for hydroxylation is 1. The topological polar surface area (TPSA) is 55.1 Å². The molecule has 3 aromatic rings. The third kappa shape index (κ3) is 6.17. The van der Waals surface area contributed by atoms with E-state index >= 15 is 0 Å². The van der Waals surface area contributed by atoms with E-state index in [9.17, 15) is 9.90 Å². The van der Waals surface area contributed by atoms with E-state index in [0.717, 1.165) is 35.7 Å². The fourth-order valence-electron chi connectivity index (χ4n) is 3.52. The maximum absolute atomic E-state index is 11.9. The highest BCUT2D eigenvalue weighted by Crippen LogP contribution is 2.24. The lowest BCUT2D eigenvalue weighted by Crippen LogP contribution is -2.12. The fourth-order valence-corrected chi connectivity index (χ4v) is 4.25. The largest absolute Gasteiger partial charge is 0.478 e. The van der Waals surface area contributed by atoms with E-state index in [-0.39, 0.29) is 5.41 Å². The Morgan fingerprint density at radius 3 is 2.52 bits per heavy atom. The predicted octanol–water partition coefficient (Wildman–Crippen LogP) is 6.34. The highest BCUT2D eigenvalue weighted by atomic mass is 32.1. The summed E-state index contributed by atoms with van der Waals surface area (Å²) in [6.07, 6.45) is 7.06. The number of imidazole rings is 1. The van der Waals surface area contributed by atoms with Crippen LogP contribution in [0.25, 0.3) is 6.08 Å². The van der Waals surface area contributed by atoms with Gasteiger partial charge in [-0.3, -0.25) is 0 Å². The summed E-state index contributed by atoms with van der Waals surface area (Å²) in [6.45, 7) is 9.49. The second-order valence-corrected chi connectivity index (χ2v) is 10.00. The average molecular weight is 437 g/mol. The Kier molecular flexibility index (Phi) is 7.50. The molecule has 3 rings (SSSR count). The number of rotatable bonds is 9. The second kappa shape index (κ2) is 10.1. The molecule has 0 aliphatic rings. The van der Waals surface area contributed by atoms with Gasteiger partial charge in [-0.05, 0) is 40.5 Å². The van der Waals surface area contributed by atoms with E-state index < -0.39 is 5.97 Å². The summed E-state index contributed by atoms with van der Waals surface area (Å²) in [5.74, 6) is 0.125. The third-order valence-electron chi connectivity index (χ3n) is 5.43. The summed E-state index contributed by atoms with van der Waals surface area (Å²) < 4.78 is 2.17. The first-order valence-corrected chi connectivity index (χ1v) is 11.8. The zero-order valence-electron chi connectivity index (χ0n) is 18.9. The number of carboxylic acid groups (broad SMARTS) is 1. The number of aromatic nitrogens is 2. The van der Waals surface area contributed by atoms with Gasteiger partial charge in [0, 0.05) is 29.8 Å². The molecule has 0 amide bonds. The lowest BCUT2D eigenvalue weighted by molar-refractivity contribution is -0.132. The van der Waals surface area contributed by atoms with E-state index in [1.807, 2.05) is 23.7 Å². The zero-order valence-corrected chi connectivity index (χ0v) is 19.7. The maximum atomic E-state index is 11.9. The van der Waals surface area contributed by atoms with Gasteiger partial charge in [-0.15, -0.1) is 11.3 Å². The van der Waals surface area contributed by atoms with Gasteiger partial charge < -0.3 is 9.67 Å². The minimum absolute atomic E-state index is 0.117. The molecule has 0 fully saturated rings. The average Bonchev–Trinajstić information content (AvgIpc) is 3.36. The summed E-state index contributed by atoms with van der Waals surface area (Å²) in [6, 6.07) is 12.6. The molecule has 0 saturated carbocycles. The molecule has 0 atom stereocenters. The highest BCUT2D eigenvalue weighted by Gasteiger charge is 2.16. The van der Waals surface area contributed by atoms with Crippen LogP contribution in [0.4, 0.5) is 0 Å². The van der Waals surface area contributed by atoms with Crippen LogP contribution in [0.5, 0.6) is 0 Å². The molecule has 31 heavy (non-hydrogen) atoms. The number of carbonyl (C=O) groups is 1. The monoisotopic (exact) mass is 436 g/mol. The van der Waals surface area contributed by atoms with Gasteiger partial charge in [-0.2, -0.15) is 0 Å². The number of hydrogen-bond donors (Lipinski definition) is 1. The fraction of sp³-hybridized carbons (Fsp3) is 0.385. The number of hydrogen-bond acceptors (Lipinski definition) is 3. The molecule has 1 N–H and O–H groups in total. The van der Waals surface area contributed by atoms with Crippen LogP contribution in [0.3, 0.4) is 0 Å². The first kappa shape index (κ1) is 23.0. The van der Waals surface area contributed by atoms with E-state index in [1.54, 1.807) is 17.4 Å². The van der Waals surface area contributed by atoms with Crippen molar-refractivity contribution in [2.45, 2.75) is 65.3 Å². The van der Waals surface area contributed by atoms with E-state index in [4.69, 9.17) is 0 Å². The third-order valence-corrected chi connectivity index (χ3v) is 6.30. The van der Waals surface area contributed by atoms with Crippen LogP contribution < -0.4 is 0 Å². The van der Waals surface area contributed by atoms with Gasteiger partial charge in [0.05, 0.1) is 11.9 Å². The predicted molar refractivity (Wildman–Crippen MR) is 129 cm³/mol. The number of benzene rings is 1. The van der Waals surface area contributed by atoms with Gasteiger partial charge >= 0.3 is 5.97 Å². The Morgan fingerprint density at radius 2 is 1.94 bits per heavy atom. The molecule has 0 unspecified atom stereocenters. The van der Waals surface area contributed by atoms with Crippen LogP contribution in [-0.4, -0.2) is 20.6 Å². The van der Waals surface area contributed by atoms with Crippen molar-refractivity contribution < 1.29 is 9.90 Å². The second-order valence-electron chi connectivity index (χ2n) is 8.97. The quantitative estimate of drug-likeness (QED) is 0.398. The van der Waals surface area contributed by atoms with Crippen LogP contribution in [-0.2, 0) is 29.6 Å². The van der Waals surface area contributed by atoms with Gasteiger partial charge in [-0.25, -0.2) is 9.78 Å². The van der Waals surface area contributed by atoms with Crippen LogP contribution in [0.15, 0.2) is 53.5 Å². The van der Waals surface area contributed by atoms with Crippen molar-refractivity contribution in [3.05, 3.63) is 81.1 Å². The summed E-state index contributed by atoms with van der Waals surface area (Å²) >= 11 is 1.58. The summed E-state index contributed by atoms with van der Waals surface area (Å²) in [4.78, 5) is 17.6. The van der Waals surface area contributed by atoms with Crippen molar-refractivity contribution in [1.29, 1.82) is 0 Å². The molecular formula is C26H32N2O2S. The molecule has 2 aromatic heterocycles. The number of carboxylic acids is 1. The maximum Gasteiger partial charge on any atom is 0.332 e. The number of unbranched alkanes of at least 4 members (excludes halogenated alkanes) is 1. The Balaban J connectivity index is 1.93. The smallest absolute Gasteiger partial charge is 0.332 e. The van der Waals surface area contributed by atoms with Gasteiger partial charge in [-0.1, -0.05) is 64.4 Å². The molecule has 0 radical (unpaired) electrons. The molecule has 4 nitrogen and oxygen atoms in total. The Bertz CT molecular complexity index is 1020. The van der Waals surface area contributed by atoms with Gasteiger partial charge in [0.15, 0.2) is 0 Å². The van der Waals surface area contributed by atoms with Gasteiger partial charge in [0.25, 0.3) is 0 Å². The minimum Gasteiger partial charge on any atom is -0.478 e. The van der Waals surface area contributed by atoms with Crippen molar-refractivity contribution in [3.63, 3.8) is 0 Å². The molecule has 2 heterocycles. The van der Waals surface area contributed by atoms with Crippen molar-refractivity contribution in [2.75, 3.05) is 0 Å². The van der Waals surface area contributed by atoms with Crippen LogP contribution in [0.1, 0.15) is 68.1 Å². The first-order valence-electron chi connectivity index (χ1n) is 10.9. The number of aliphatic carboxylic acids is 1. The molecule has 1 aromatic carbocycles. The molecule has 5 heteroatoms. The lowest BCUT2D eigenvalue weighted by Gasteiger charge is -2.19.